The van der Waals surface area contributed by atoms with E-state index in [1.54, 1.807) is 6.08 Å². The van der Waals surface area contributed by atoms with Gasteiger partial charge in [-0.05, 0) is 23.8 Å². The average molecular weight is 190 g/mol. The van der Waals surface area contributed by atoms with Crippen LogP contribution in [0.5, 0.6) is 0 Å². The molecule has 1 aliphatic rings. The summed E-state index contributed by atoms with van der Waals surface area (Å²) >= 11 is 5.65. The zero-order chi connectivity index (χ0) is 9.19. The minimum absolute atomic E-state index is 0.154. The summed E-state index contributed by atoms with van der Waals surface area (Å²) in [6.07, 6.45) is 4.57. The number of allylic oxidation sites excluding steroid dienone is 1. The Bertz CT molecular complexity index is 261. The van der Waals surface area contributed by atoms with Gasteiger partial charge in [0, 0.05) is 11.0 Å². The third-order valence-corrected chi connectivity index (χ3v) is 2.05. The van der Waals surface area contributed by atoms with Crippen LogP contribution < -0.4 is 0 Å². The van der Waals surface area contributed by atoms with Crippen LogP contribution in [0, 0.1) is 10.1 Å². The molecule has 0 saturated heterocycles. The van der Waals surface area contributed by atoms with Crippen LogP contribution in [-0.2, 0) is 4.74 Å². The third-order valence-electron chi connectivity index (χ3n) is 1.63. The Kier molecular flexibility index (Phi) is 2.38. The summed E-state index contributed by atoms with van der Waals surface area (Å²) in [4.78, 5) is 8.42. The van der Waals surface area contributed by atoms with E-state index in [1.807, 2.05) is 0 Å². The van der Waals surface area contributed by atoms with Crippen molar-refractivity contribution >= 4 is 11.6 Å². The lowest BCUT2D eigenvalue weighted by atomic mass is 10.1. The Hall–Kier alpha value is -1.03. The van der Waals surface area contributed by atoms with Gasteiger partial charge in [0.2, 0.25) is 0 Å². The maximum absolute atomic E-state index is 10.4. The standard InChI is InChI=1S/C7H8ClNO3/c1-12-6-2-4-7(8,5-3-6)9(10)11/h2-4H,5H2,1H3. The molecule has 0 N–H and O–H groups in total. The van der Waals surface area contributed by atoms with E-state index in [2.05, 4.69) is 0 Å². The van der Waals surface area contributed by atoms with Crippen molar-refractivity contribution in [3.05, 3.63) is 34.1 Å². The number of ether oxygens (including phenoxy) is 1. The third kappa shape index (κ3) is 1.58. The van der Waals surface area contributed by atoms with Crippen molar-refractivity contribution in [2.75, 3.05) is 7.11 Å². The van der Waals surface area contributed by atoms with Gasteiger partial charge in [-0.25, -0.2) is 0 Å². The van der Waals surface area contributed by atoms with Crippen LogP contribution in [0.3, 0.4) is 0 Å². The largest absolute Gasteiger partial charge is 0.497 e. The summed E-state index contributed by atoms with van der Waals surface area (Å²) in [6.45, 7) is 0. The zero-order valence-electron chi connectivity index (χ0n) is 6.49. The molecule has 0 aliphatic heterocycles. The average Bonchev–Trinajstić information content (AvgIpc) is 2.06. The second-order valence-corrected chi connectivity index (χ2v) is 3.08. The van der Waals surface area contributed by atoms with Crippen LogP contribution in [0.25, 0.3) is 0 Å². The highest BCUT2D eigenvalue weighted by molar-refractivity contribution is 6.24. The van der Waals surface area contributed by atoms with E-state index in [1.165, 1.54) is 19.3 Å². The van der Waals surface area contributed by atoms with E-state index < -0.39 is 9.92 Å². The Morgan fingerprint density at radius 3 is 2.83 bits per heavy atom. The van der Waals surface area contributed by atoms with E-state index in [4.69, 9.17) is 16.3 Å². The first-order valence-corrected chi connectivity index (χ1v) is 3.73. The van der Waals surface area contributed by atoms with Crippen molar-refractivity contribution < 1.29 is 9.66 Å². The Morgan fingerprint density at radius 1 is 1.83 bits per heavy atom. The van der Waals surface area contributed by atoms with Crippen molar-refractivity contribution in [3.8, 4) is 0 Å². The van der Waals surface area contributed by atoms with Crippen LogP contribution in [0.15, 0.2) is 24.0 Å². The van der Waals surface area contributed by atoms with Crippen LogP contribution in [0.2, 0.25) is 0 Å². The number of hydrogen-bond donors (Lipinski definition) is 0. The molecule has 0 amide bonds. The lowest BCUT2D eigenvalue weighted by Crippen LogP contribution is -2.30. The molecule has 1 aliphatic carbocycles. The maximum Gasteiger partial charge on any atom is 0.317 e. The van der Waals surface area contributed by atoms with Crippen LogP contribution >= 0.6 is 11.6 Å². The van der Waals surface area contributed by atoms with E-state index in [-0.39, 0.29) is 6.42 Å². The van der Waals surface area contributed by atoms with Gasteiger partial charge >= 0.3 is 5.00 Å². The molecule has 0 fully saturated rings. The molecule has 0 radical (unpaired) electrons. The molecule has 1 atom stereocenters. The van der Waals surface area contributed by atoms with Gasteiger partial charge in [0.15, 0.2) is 0 Å². The number of halogens is 1. The molecule has 0 bridgehead atoms. The molecular weight excluding hydrogens is 182 g/mol. The topological polar surface area (TPSA) is 52.4 Å². The molecule has 0 spiro atoms. The number of hydrogen-bond acceptors (Lipinski definition) is 3. The highest BCUT2D eigenvalue weighted by Gasteiger charge is 2.38. The summed E-state index contributed by atoms with van der Waals surface area (Å²) in [5.41, 5.74) is 0. The molecule has 4 nitrogen and oxygen atoms in total. The Morgan fingerprint density at radius 2 is 2.50 bits per heavy atom. The first-order valence-electron chi connectivity index (χ1n) is 3.35. The van der Waals surface area contributed by atoms with Crippen LogP contribution in [-0.4, -0.2) is 17.0 Å². The molecular formula is C7H8ClNO3. The summed E-state index contributed by atoms with van der Waals surface area (Å²) in [5.74, 6) is 0.605. The summed E-state index contributed by atoms with van der Waals surface area (Å²) < 4.78 is 4.86. The van der Waals surface area contributed by atoms with E-state index in [9.17, 15) is 10.1 Å². The van der Waals surface area contributed by atoms with Gasteiger partial charge in [0.25, 0.3) is 0 Å². The molecule has 0 aromatic heterocycles. The first-order chi connectivity index (χ1) is 5.58. The fraction of sp³-hybridized carbons (Fsp3) is 0.429. The molecule has 0 saturated carbocycles. The number of nitrogens with zero attached hydrogens (tertiary/aromatic N) is 1. The molecule has 0 heterocycles. The predicted molar refractivity (Wildman–Crippen MR) is 44.4 cm³/mol. The van der Waals surface area contributed by atoms with E-state index in [0.717, 1.165) is 0 Å². The quantitative estimate of drug-likeness (QED) is 0.288. The molecule has 5 heteroatoms. The number of nitro groups is 1. The van der Waals surface area contributed by atoms with Crippen molar-refractivity contribution in [2.24, 2.45) is 0 Å². The van der Waals surface area contributed by atoms with Crippen molar-refractivity contribution in [3.63, 3.8) is 0 Å². The fourth-order valence-corrected chi connectivity index (χ4v) is 1.02. The molecule has 66 valence electrons. The van der Waals surface area contributed by atoms with Gasteiger partial charge in [0.1, 0.15) is 5.76 Å². The molecule has 0 aromatic carbocycles. The number of methoxy groups -OCH3 is 1. The van der Waals surface area contributed by atoms with Crippen LogP contribution in [0.1, 0.15) is 6.42 Å². The Labute approximate surface area is 74.6 Å². The second kappa shape index (κ2) is 3.15. The molecule has 0 aromatic rings. The lowest BCUT2D eigenvalue weighted by Gasteiger charge is -2.16. The van der Waals surface area contributed by atoms with Gasteiger partial charge in [-0.1, -0.05) is 0 Å². The molecule has 1 rings (SSSR count). The second-order valence-electron chi connectivity index (χ2n) is 2.42. The normalized spacial score (nSPS) is 28.0. The SMILES string of the molecule is COC1=CCC(Cl)([N+](=O)[O-])C=C1. The first kappa shape index (κ1) is 9.06. The highest BCUT2D eigenvalue weighted by Crippen LogP contribution is 2.28. The van der Waals surface area contributed by atoms with Crippen LogP contribution in [0.4, 0.5) is 0 Å². The zero-order valence-corrected chi connectivity index (χ0v) is 7.25. The van der Waals surface area contributed by atoms with E-state index >= 15 is 0 Å². The lowest BCUT2D eigenvalue weighted by molar-refractivity contribution is -0.527. The summed E-state index contributed by atoms with van der Waals surface area (Å²) in [7, 11) is 1.50. The predicted octanol–water partition coefficient (Wildman–Crippen LogP) is 1.69. The van der Waals surface area contributed by atoms with Gasteiger partial charge in [0.05, 0.1) is 13.5 Å². The Balaban J connectivity index is 2.76. The number of alkyl halides is 1. The van der Waals surface area contributed by atoms with Gasteiger partial charge in [-0.3, -0.25) is 10.1 Å². The minimum atomic E-state index is -1.48. The maximum atomic E-state index is 10.4. The molecule has 1 unspecified atom stereocenters. The highest BCUT2D eigenvalue weighted by atomic mass is 35.5. The van der Waals surface area contributed by atoms with Gasteiger partial charge in [-0.15, -0.1) is 0 Å². The number of rotatable bonds is 2. The summed E-state index contributed by atoms with van der Waals surface area (Å²) in [6, 6.07) is 0. The van der Waals surface area contributed by atoms with Gasteiger partial charge < -0.3 is 4.74 Å². The van der Waals surface area contributed by atoms with Gasteiger partial charge in [-0.2, -0.15) is 0 Å². The van der Waals surface area contributed by atoms with Crippen molar-refractivity contribution in [1.82, 2.24) is 0 Å². The minimum Gasteiger partial charge on any atom is -0.497 e. The van der Waals surface area contributed by atoms with Crippen molar-refractivity contribution in [2.45, 2.75) is 11.4 Å². The molecule has 12 heavy (non-hydrogen) atoms. The monoisotopic (exact) mass is 189 g/mol. The summed E-state index contributed by atoms with van der Waals surface area (Å²) in [5, 5.41) is 10.4. The smallest absolute Gasteiger partial charge is 0.317 e. The van der Waals surface area contributed by atoms with Crippen molar-refractivity contribution in [1.29, 1.82) is 0 Å². The fourth-order valence-electron chi connectivity index (χ4n) is 0.876. The van der Waals surface area contributed by atoms with E-state index in [0.29, 0.717) is 5.76 Å².